The van der Waals surface area contributed by atoms with Crippen LogP contribution in [0.2, 0.25) is 0 Å². The fourth-order valence-corrected chi connectivity index (χ4v) is 3.13. The van der Waals surface area contributed by atoms with Gasteiger partial charge in [0.25, 0.3) is 0 Å². The summed E-state index contributed by atoms with van der Waals surface area (Å²) in [6.45, 7) is 8.79. The fourth-order valence-electron chi connectivity index (χ4n) is 2.05. The monoisotopic (exact) mass is 240 g/mol. The van der Waals surface area contributed by atoms with Crippen LogP contribution in [0.4, 0.5) is 0 Å². The van der Waals surface area contributed by atoms with Crippen LogP contribution < -0.4 is 0 Å². The lowest BCUT2D eigenvalue weighted by atomic mass is 9.90. The summed E-state index contributed by atoms with van der Waals surface area (Å²) in [5.41, 5.74) is -0.149. The van der Waals surface area contributed by atoms with Crippen LogP contribution in [-0.2, 0) is 0 Å². The van der Waals surface area contributed by atoms with Crippen LogP contribution >= 0.6 is 11.8 Å². The van der Waals surface area contributed by atoms with Crippen molar-refractivity contribution in [3.8, 4) is 6.07 Å². The summed E-state index contributed by atoms with van der Waals surface area (Å²) >= 11 is 2.07. The molecule has 1 unspecified atom stereocenters. The van der Waals surface area contributed by atoms with E-state index >= 15 is 0 Å². The van der Waals surface area contributed by atoms with Gasteiger partial charge in [0.05, 0.1) is 11.5 Å². The van der Waals surface area contributed by atoms with Gasteiger partial charge in [-0.2, -0.15) is 17.0 Å². The first kappa shape index (κ1) is 13.9. The van der Waals surface area contributed by atoms with Crippen molar-refractivity contribution in [3.63, 3.8) is 0 Å². The largest absolute Gasteiger partial charge is 0.300 e. The Labute approximate surface area is 104 Å². The molecule has 1 atom stereocenters. The molecule has 1 aliphatic heterocycles. The van der Waals surface area contributed by atoms with Crippen molar-refractivity contribution in [2.24, 2.45) is 5.41 Å². The second-order valence-corrected chi connectivity index (χ2v) is 6.61. The summed E-state index contributed by atoms with van der Waals surface area (Å²) in [6, 6.07) is 3.10. The average Bonchev–Trinajstić information content (AvgIpc) is 2.44. The molecule has 0 radical (unpaired) electrons. The van der Waals surface area contributed by atoms with E-state index in [1.165, 1.54) is 24.5 Å². The molecule has 0 aromatic heterocycles. The first-order valence-electron chi connectivity index (χ1n) is 6.28. The van der Waals surface area contributed by atoms with Crippen LogP contribution in [0.25, 0.3) is 0 Å². The SMILES string of the molecule is CC1CCSCCN1CCCC(C)(C)C#N. The molecule has 2 nitrogen and oxygen atoms in total. The fraction of sp³-hybridized carbons (Fsp3) is 0.923. The molecule has 1 saturated heterocycles. The molecule has 0 aromatic rings. The van der Waals surface area contributed by atoms with Crippen molar-refractivity contribution in [2.75, 3.05) is 24.6 Å². The van der Waals surface area contributed by atoms with Gasteiger partial charge in [0.1, 0.15) is 0 Å². The minimum absolute atomic E-state index is 0.149. The molecule has 0 amide bonds. The number of hydrogen-bond donors (Lipinski definition) is 0. The van der Waals surface area contributed by atoms with Gasteiger partial charge >= 0.3 is 0 Å². The third kappa shape index (κ3) is 4.76. The van der Waals surface area contributed by atoms with Crippen LogP contribution in [0.5, 0.6) is 0 Å². The van der Waals surface area contributed by atoms with Crippen molar-refractivity contribution < 1.29 is 0 Å². The maximum atomic E-state index is 8.96. The topological polar surface area (TPSA) is 27.0 Å². The third-order valence-corrected chi connectivity index (χ3v) is 4.37. The minimum atomic E-state index is -0.149. The molecule has 92 valence electrons. The molecule has 0 N–H and O–H groups in total. The second-order valence-electron chi connectivity index (χ2n) is 5.39. The van der Waals surface area contributed by atoms with Crippen LogP contribution in [0.15, 0.2) is 0 Å². The molecule has 16 heavy (non-hydrogen) atoms. The van der Waals surface area contributed by atoms with Gasteiger partial charge in [0.15, 0.2) is 0 Å². The van der Waals surface area contributed by atoms with Gasteiger partial charge < -0.3 is 0 Å². The lowest BCUT2D eigenvalue weighted by Gasteiger charge is -2.27. The highest BCUT2D eigenvalue weighted by molar-refractivity contribution is 7.99. The molecule has 1 fully saturated rings. The van der Waals surface area contributed by atoms with E-state index in [2.05, 4.69) is 29.7 Å². The van der Waals surface area contributed by atoms with Gasteiger partial charge in [-0.15, -0.1) is 0 Å². The predicted octanol–water partition coefficient (Wildman–Crippen LogP) is 3.14. The highest BCUT2D eigenvalue weighted by atomic mass is 32.2. The number of hydrogen-bond acceptors (Lipinski definition) is 3. The van der Waals surface area contributed by atoms with Crippen molar-refractivity contribution in [2.45, 2.75) is 46.1 Å². The number of thioether (sulfide) groups is 1. The zero-order valence-corrected chi connectivity index (χ0v) is 11.6. The molecule has 0 aliphatic carbocycles. The Morgan fingerprint density at radius 3 is 2.88 bits per heavy atom. The van der Waals surface area contributed by atoms with Gasteiger partial charge in [0, 0.05) is 18.3 Å². The van der Waals surface area contributed by atoms with Crippen molar-refractivity contribution in [3.05, 3.63) is 0 Å². The van der Waals surface area contributed by atoms with Gasteiger partial charge in [-0.1, -0.05) is 0 Å². The zero-order chi connectivity index (χ0) is 12.0. The van der Waals surface area contributed by atoms with Gasteiger partial charge in [0.2, 0.25) is 0 Å². The molecule has 1 rings (SSSR count). The van der Waals surface area contributed by atoms with Crippen LogP contribution in [-0.4, -0.2) is 35.5 Å². The van der Waals surface area contributed by atoms with E-state index in [0.717, 1.165) is 25.4 Å². The smallest absolute Gasteiger partial charge is 0.0683 e. The zero-order valence-electron chi connectivity index (χ0n) is 10.8. The Balaban J connectivity index is 2.28. The molecular weight excluding hydrogens is 216 g/mol. The van der Waals surface area contributed by atoms with E-state index in [1.807, 2.05) is 13.8 Å². The van der Waals surface area contributed by atoms with Gasteiger partial charge in [-0.05, 0) is 52.3 Å². The number of nitriles is 1. The van der Waals surface area contributed by atoms with Crippen LogP contribution in [0.3, 0.4) is 0 Å². The Morgan fingerprint density at radius 1 is 1.44 bits per heavy atom. The maximum Gasteiger partial charge on any atom is 0.0683 e. The molecule has 0 spiro atoms. The van der Waals surface area contributed by atoms with E-state index < -0.39 is 0 Å². The normalized spacial score (nSPS) is 23.8. The van der Waals surface area contributed by atoms with Crippen LogP contribution in [0, 0.1) is 16.7 Å². The summed E-state index contributed by atoms with van der Waals surface area (Å²) in [6.07, 6.45) is 3.47. The lowest BCUT2D eigenvalue weighted by Crippen LogP contribution is -2.35. The Kier molecular flexibility index (Phi) is 5.64. The van der Waals surface area contributed by atoms with Crippen molar-refractivity contribution in [1.29, 1.82) is 5.26 Å². The van der Waals surface area contributed by atoms with Gasteiger partial charge in [-0.3, -0.25) is 4.90 Å². The van der Waals surface area contributed by atoms with Crippen LogP contribution in [0.1, 0.15) is 40.0 Å². The standard InChI is InChI=1S/C13H24N2S/c1-12-5-9-16-10-8-15(12)7-4-6-13(2,3)11-14/h12H,4-10H2,1-3H3. The van der Waals surface area contributed by atoms with E-state index in [0.29, 0.717) is 0 Å². The predicted molar refractivity (Wildman–Crippen MR) is 71.6 cm³/mol. The average molecular weight is 240 g/mol. The van der Waals surface area contributed by atoms with E-state index in [-0.39, 0.29) is 5.41 Å². The second kappa shape index (κ2) is 6.51. The molecule has 1 heterocycles. The molecule has 0 saturated carbocycles. The van der Waals surface area contributed by atoms with Crippen molar-refractivity contribution >= 4 is 11.8 Å². The van der Waals surface area contributed by atoms with E-state index in [4.69, 9.17) is 5.26 Å². The summed E-state index contributed by atoms with van der Waals surface area (Å²) in [4.78, 5) is 2.59. The Bertz CT molecular complexity index is 245. The number of rotatable bonds is 4. The molecule has 3 heteroatoms. The van der Waals surface area contributed by atoms with E-state index in [1.54, 1.807) is 0 Å². The number of nitrogens with zero attached hydrogens (tertiary/aromatic N) is 2. The highest BCUT2D eigenvalue weighted by Crippen LogP contribution is 2.22. The first-order chi connectivity index (χ1) is 7.55. The minimum Gasteiger partial charge on any atom is -0.300 e. The quantitative estimate of drug-likeness (QED) is 0.755. The molecule has 0 bridgehead atoms. The van der Waals surface area contributed by atoms with Crippen molar-refractivity contribution in [1.82, 2.24) is 4.90 Å². The molecule has 1 aliphatic rings. The molecule has 0 aromatic carbocycles. The Hall–Kier alpha value is -0.200. The Morgan fingerprint density at radius 2 is 2.19 bits per heavy atom. The summed E-state index contributed by atoms with van der Waals surface area (Å²) in [5.74, 6) is 2.58. The summed E-state index contributed by atoms with van der Waals surface area (Å²) in [5, 5.41) is 8.96. The first-order valence-corrected chi connectivity index (χ1v) is 7.44. The summed E-state index contributed by atoms with van der Waals surface area (Å²) in [7, 11) is 0. The molecular formula is C13H24N2S. The third-order valence-electron chi connectivity index (χ3n) is 3.38. The van der Waals surface area contributed by atoms with E-state index in [9.17, 15) is 0 Å². The highest BCUT2D eigenvalue weighted by Gasteiger charge is 2.19. The maximum absolute atomic E-state index is 8.96. The van der Waals surface area contributed by atoms with Gasteiger partial charge in [-0.25, -0.2) is 0 Å². The summed E-state index contributed by atoms with van der Waals surface area (Å²) < 4.78 is 0. The lowest BCUT2D eigenvalue weighted by molar-refractivity contribution is 0.209.